The van der Waals surface area contributed by atoms with Crippen LogP contribution in [0.4, 0.5) is 4.79 Å². The highest BCUT2D eigenvalue weighted by Gasteiger charge is 2.69. The van der Waals surface area contributed by atoms with Gasteiger partial charge in [-0.15, -0.1) is 0 Å². The van der Waals surface area contributed by atoms with Crippen LogP contribution >= 0.6 is 0 Å². The smallest absolute Gasteiger partial charge is 0.414 e. The van der Waals surface area contributed by atoms with E-state index in [9.17, 15) is 14.4 Å². The first-order chi connectivity index (χ1) is 19.0. The van der Waals surface area contributed by atoms with E-state index < -0.39 is 17.6 Å². The number of hydrogen-bond donors (Lipinski definition) is 1. The molecule has 4 saturated carbocycles. The zero-order chi connectivity index (χ0) is 28.4. The first kappa shape index (κ1) is 28.6. The number of carbonyl (C=O) groups is 3. The lowest BCUT2D eigenvalue weighted by molar-refractivity contribution is -0.196. The lowest BCUT2D eigenvalue weighted by Crippen LogP contribution is -2.64. The van der Waals surface area contributed by atoms with E-state index in [0.717, 1.165) is 77.4 Å². The van der Waals surface area contributed by atoms with Crippen LogP contribution in [0.5, 0.6) is 0 Å². The largest absolute Gasteiger partial charge is 0.445 e. The molecule has 2 heterocycles. The Morgan fingerprint density at radius 1 is 0.975 bits per heavy atom. The molecule has 4 aliphatic carbocycles. The summed E-state index contributed by atoms with van der Waals surface area (Å²) >= 11 is 0. The molecular weight excluding hydrogens is 504 g/mol. The molecule has 6 aliphatic rings. The molecule has 0 spiro atoms. The average Bonchev–Trinajstić information content (AvgIpc) is 3.69. The summed E-state index contributed by atoms with van der Waals surface area (Å²) in [6.07, 6.45) is 10.2. The number of ether oxygens (including phenoxy) is 2. The normalized spacial score (nSPS) is 48.8. The highest BCUT2D eigenvalue weighted by molar-refractivity contribution is 5.94. The third-order valence-corrected chi connectivity index (χ3v) is 13.7. The van der Waals surface area contributed by atoms with Gasteiger partial charge in [0.25, 0.3) is 0 Å². The highest BCUT2D eigenvalue weighted by Crippen LogP contribution is 2.69. The fraction of sp³-hybridized carbons (Fsp3) is 0.909. The Balaban J connectivity index is 1.35. The van der Waals surface area contributed by atoms with Gasteiger partial charge in [0.2, 0.25) is 5.91 Å². The van der Waals surface area contributed by atoms with E-state index in [-0.39, 0.29) is 40.6 Å². The molecular formula is C33H52N2O5. The summed E-state index contributed by atoms with van der Waals surface area (Å²) in [6.45, 7) is 11.8. The fourth-order valence-electron chi connectivity index (χ4n) is 11.2. The van der Waals surface area contributed by atoms with Gasteiger partial charge < -0.3 is 14.4 Å². The predicted molar refractivity (Wildman–Crippen MR) is 152 cm³/mol. The minimum atomic E-state index is -0.628. The number of nitrogens with zero attached hydrogens (tertiary/aromatic N) is 1. The molecule has 224 valence electrons. The zero-order valence-electron chi connectivity index (χ0n) is 25.5. The van der Waals surface area contributed by atoms with Gasteiger partial charge >= 0.3 is 6.09 Å². The van der Waals surface area contributed by atoms with Crippen LogP contribution in [0.15, 0.2) is 0 Å². The third kappa shape index (κ3) is 4.22. The molecule has 2 saturated heterocycles. The van der Waals surface area contributed by atoms with E-state index in [0.29, 0.717) is 30.0 Å². The zero-order valence-corrected chi connectivity index (χ0v) is 25.5. The van der Waals surface area contributed by atoms with Crippen molar-refractivity contribution in [1.29, 1.82) is 0 Å². The first-order valence-electron chi connectivity index (χ1n) is 16.4. The number of amides is 2. The van der Waals surface area contributed by atoms with Crippen molar-refractivity contribution < 1.29 is 23.9 Å². The summed E-state index contributed by atoms with van der Waals surface area (Å²) in [4.78, 5) is 43.8. The third-order valence-electron chi connectivity index (χ3n) is 13.7. The maximum Gasteiger partial charge on any atom is 0.414 e. The molecule has 11 atom stereocenters. The van der Waals surface area contributed by atoms with Gasteiger partial charge in [0.1, 0.15) is 11.9 Å². The summed E-state index contributed by atoms with van der Waals surface area (Å²) in [5.41, 5.74) is -1.03. The number of hydrogen-bond acceptors (Lipinski definition) is 6. The van der Waals surface area contributed by atoms with Crippen LogP contribution in [0.3, 0.4) is 0 Å². The van der Waals surface area contributed by atoms with Gasteiger partial charge in [-0.3, -0.25) is 14.9 Å². The molecule has 40 heavy (non-hydrogen) atoms. The molecule has 6 fully saturated rings. The van der Waals surface area contributed by atoms with Gasteiger partial charge in [-0.25, -0.2) is 4.79 Å². The standard InChI is InChI=1S/C33H52N2O5/c1-20-11-14-33-15-12-25(39-5)27(33)32(20,4)26(17-31(3,28(36)21(33)2)23-9-7-6-8-10-23)40-30(38)34-29(37)24-19-35-16-13-22(24)18-35/h20-27H,6-19H2,1-5H3,(H,34,37,38)/t20-,21+,22-,24+,25-,26-,27?,31+,32+,33?/m1/s1. The number of Topliss-reactive ketones (excluding diaryl/α,β-unsaturated/α-hetero) is 1. The molecule has 7 heteroatoms. The van der Waals surface area contributed by atoms with Gasteiger partial charge in [-0.05, 0) is 81.1 Å². The molecule has 3 unspecified atom stereocenters. The molecule has 0 aromatic heterocycles. The Labute approximate surface area is 240 Å². The number of ketones is 1. The van der Waals surface area contributed by atoms with Crippen molar-refractivity contribution in [3.8, 4) is 0 Å². The van der Waals surface area contributed by atoms with E-state index in [4.69, 9.17) is 9.47 Å². The molecule has 0 aromatic rings. The number of alkyl carbamates (subject to hydrolysis) is 1. The number of nitrogens with one attached hydrogen (secondary N) is 1. The summed E-state index contributed by atoms with van der Waals surface area (Å²) in [5.74, 6) is 1.08. The van der Waals surface area contributed by atoms with E-state index >= 15 is 0 Å². The molecule has 4 bridgehead atoms. The lowest BCUT2D eigenvalue weighted by Gasteiger charge is -2.62. The van der Waals surface area contributed by atoms with Crippen LogP contribution in [0.1, 0.15) is 98.3 Å². The maximum atomic E-state index is 14.7. The van der Waals surface area contributed by atoms with Gasteiger partial charge in [0.15, 0.2) is 0 Å². The lowest BCUT2D eigenvalue weighted by atomic mass is 9.43. The number of piperidine rings is 1. The quantitative estimate of drug-likeness (QED) is 0.485. The van der Waals surface area contributed by atoms with Crippen LogP contribution < -0.4 is 5.32 Å². The monoisotopic (exact) mass is 556 g/mol. The van der Waals surface area contributed by atoms with Crippen LogP contribution in [-0.2, 0) is 19.1 Å². The SMILES string of the molecule is CO[C@@H]1CCC23CC[C@@H](C)[C@](C)(C12)[C@H](OC(=O)NC(=O)[C@H]1CN2CC[C@@H]1C2)C[C@@](C)(C1CCCCC1)C(=O)[C@@H]3C. The van der Waals surface area contributed by atoms with Crippen molar-refractivity contribution in [2.75, 3.05) is 26.7 Å². The molecule has 6 rings (SSSR count). The molecule has 7 nitrogen and oxygen atoms in total. The van der Waals surface area contributed by atoms with Crippen molar-refractivity contribution >= 4 is 17.8 Å². The second kappa shape index (κ2) is 10.4. The average molecular weight is 557 g/mol. The van der Waals surface area contributed by atoms with E-state index in [1.807, 2.05) is 0 Å². The number of imide groups is 1. The number of carbonyl (C=O) groups excluding carboxylic acids is 3. The molecule has 1 N–H and O–H groups in total. The van der Waals surface area contributed by atoms with Crippen LogP contribution in [-0.4, -0.2) is 61.6 Å². The Morgan fingerprint density at radius 2 is 1.70 bits per heavy atom. The van der Waals surface area contributed by atoms with Gasteiger partial charge in [0, 0.05) is 42.9 Å². The molecule has 2 aliphatic heterocycles. The summed E-state index contributed by atoms with van der Waals surface area (Å²) in [5, 5.41) is 2.66. The topological polar surface area (TPSA) is 84.9 Å². The summed E-state index contributed by atoms with van der Waals surface area (Å²) in [6, 6.07) is 0. The Hall–Kier alpha value is -1.47. The number of rotatable bonds is 4. The molecule has 0 aromatic carbocycles. The van der Waals surface area contributed by atoms with Crippen molar-refractivity contribution in [3.63, 3.8) is 0 Å². The Morgan fingerprint density at radius 3 is 2.35 bits per heavy atom. The predicted octanol–water partition coefficient (Wildman–Crippen LogP) is 5.60. The van der Waals surface area contributed by atoms with Crippen molar-refractivity contribution in [3.05, 3.63) is 0 Å². The number of fused-ring (bicyclic) bond motifs is 2. The Bertz CT molecular complexity index is 1030. The first-order valence-corrected chi connectivity index (χ1v) is 16.4. The molecule has 0 radical (unpaired) electrons. The minimum absolute atomic E-state index is 0.0412. The second-order valence-electron chi connectivity index (χ2n) is 15.2. The van der Waals surface area contributed by atoms with Gasteiger partial charge in [0.05, 0.1) is 12.0 Å². The van der Waals surface area contributed by atoms with Crippen LogP contribution in [0.2, 0.25) is 0 Å². The Kier molecular flexibility index (Phi) is 7.42. The van der Waals surface area contributed by atoms with Crippen molar-refractivity contribution in [2.45, 2.75) is 111 Å². The summed E-state index contributed by atoms with van der Waals surface area (Å²) < 4.78 is 12.6. The van der Waals surface area contributed by atoms with E-state index in [1.165, 1.54) is 6.42 Å². The van der Waals surface area contributed by atoms with Gasteiger partial charge in [-0.2, -0.15) is 0 Å². The second-order valence-corrected chi connectivity index (χ2v) is 15.2. The van der Waals surface area contributed by atoms with E-state index in [1.54, 1.807) is 7.11 Å². The maximum absolute atomic E-state index is 14.7. The van der Waals surface area contributed by atoms with Crippen molar-refractivity contribution in [1.82, 2.24) is 10.2 Å². The van der Waals surface area contributed by atoms with Crippen molar-refractivity contribution in [2.24, 2.45) is 51.8 Å². The minimum Gasteiger partial charge on any atom is -0.445 e. The number of methoxy groups -OCH3 is 1. The molecule has 2 amide bonds. The van der Waals surface area contributed by atoms with Crippen LogP contribution in [0.25, 0.3) is 0 Å². The summed E-state index contributed by atoms with van der Waals surface area (Å²) in [7, 11) is 1.80. The fourth-order valence-corrected chi connectivity index (χ4v) is 11.2. The van der Waals surface area contributed by atoms with Gasteiger partial charge in [-0.1, -0.05) is 47.0 Å². The van der Waals surface area contributed by atoms with E-state index in [2.05, 4.69) is 37.9 Å². The highest BCUT2D eigenvalue weighted by atomic mass is 16.6. The van der Waals surface area contributed by atoms with Crippen LogP contribution in [0, 0.1) is 51.8 Å².